The smallest absolute Gasteiger partial charge is 0.289 e. The van der Waals surface area contributed by atoms with E-state index in [1.54, 1.807) is 0 Å². The zero-order valence-electron chi connectivity index (χ0n) is 15.0. The summed E-state index contributed by atoms with van der Waals surface area (Å²) in [6.45, 7) is 0. The van der Waals surface area contributed by atoms with E-state index in [0.717, 1.165) is 48.5 Å². The van der Waals surface area contributed by atoms with Gasteiger partial charge in [0.1, 0.15) is 0 Å². The lowest BCUT2D eigenvalue weighted by Crippen LogP contribution is -2.12. The molecule has 0 amide bonds. The van der Waals surface area contributed by atoms with Crippen molar-refractivity contribution in [2.24, 2.45) is 0 Å². The molecule has 0 saturated heterocycles. The summed E-state index contributed by atoms with van der Waals surface area (Å²) >= 11 is 0. The fourth-order valence-electron chi connectivity index (χ4n) is 2.81. The fraction of sp³-hybridized carbons (Fsp3) is 0.0909. The summed E-state index contributed by atoms with van der Waals surface area (Å²) < 4.78 is 76.2. The van der Waals surface area contributed by atoms with Crippen LogP contribution in [0.1, 0.15) is 43.0 Å². The molecule has 8 heteroatoms. The molecule has 0 aliphatic rings. The van der Waals surface area contributed by atoms with E-state index in [0.29, 0.717) is 0 Å². The van der Waals surface area contributed by atoms with Crippen molar-refractivity contribution in [3.63, 3.8) is 0 Å². The molecule has 3 rings (SSSR count). The van der Waals surface area contributed by atoms with E-state index in [-0.39, 0.29) is 22.3 Å². The monoisotopic (exact) mass is 422 g/mol. The molecule has 0 N–H and O–H groups in total. The molecule has 0 spiro atoms. The molecule has 3 aromatic rings. The third-order valence-corrected chi connectivity index (χ3v) is 4.37. The SMILES string of the molecule is O=C(c1ccc(C(F)(F)F)cc1)c1ccccc1C(=O)c1ccc(C(F)(F)F)cc1. The van der Waals surface area contributed by atoms with Gasteiger partial charge in [0.2, 0.25) is 0 Å². The van der Waals surface area contributed by atoms with E-state index in [1.807, 2.05) is 0 Å². The van der Waals surface area contributed by atoms with E-state index >= 15 is 0 Å². The number of benzene rings is 3. The highest BCUT2D eigenvalue weighted by Crippen LogP contribution is 2.31. The zero-order chi connectivity index (χ0) is 22.1. The van der Waals surface area contributed by atoms with Gasteiger partial charge in [0.05, 0.1) is 11.1 Å². The minimum atomic E-state index is -4.56. The Balaban J connectivity index is 1.94. The molecule has 0 aliphatic carbocycles. The normalized spacial score (nSPS) is 11.9. The molecule has 0 unspecified atom stereocenters. The van der Waals surface area contributed by atoms with Gasteiger partial charge in [0, 0.05) is 22.3 Å². The molecule has 30 heavy (non-hydrogen) atoms. The van der Waals surface area contributed by atoms with E-state index in [9.17, 15) is 35.9 Å². The zero-order valence-corrected chi connectivity index (χ0v) is 15.0. The van der Waals surface area contributed by atoms with Crippen LogP contribution in [0.25, 0.3) is 0 Å². The van der Waals surface area contributed by atoms with Crippen molar-refractivity contribution in [3.8, 4) is 0 Å². The second-order valence-electron chi connectivity index (χ2n) is 6.35. The van der Waals surface area contributed by atoms with E-state index < -0.39 is 35.0 Å². The van der Waals surface area contributed by atoms with Gasteiger partial charge in [-0.2, -0.15) is 26.3 Å². The Morgan fingerprint density at radius 1 is 0.500 bits per heavy atom. The Hall–Kier alpha value is -3.42. The summed E-state index contributed by atoms with van der Waals surface area (Å²) in [4.78, 5) is 25.5. The van der Waals surface area contributed by atoms with Crippen LogP contribution in [0.4, 0.5) is 26.3 Å². The molecule has 0 radical (unpaired) electrons. The summed E-state index contributed by atoms with van der Waals surface area (Å²) in [5.41, 5.74) is -2.10. The van der Waals surface area contributed by atoms with Crippen LogP contribution < -0.4 is 0 Å². The molecule has 0 bridgehead atoms. The van der Waals surface area contributed by atoms with Gasteiger partial charge < -0.3 is 0 Å². The van der Waals surface area contributed by atoms with Crippen molar-refractivity contribution in [2.75, 3.05) is 0 Å². The predicted molar refractivity (Wildman–Crippen MR) is 96.2 cm³/mol. The van der Waals surface area contributed by atoms with Crippen LogP contribution in [0.5, 0.6) is 0 Å². The number of alkyl halides is 6. The second-order valence-corrected chi connectivity index (χ2v) is 6.35. The number of carbonyl (C=O) groups excluding carboxylic acids is 2. The first kappa shape index (κ1) is 21.3. The first-order valence-electron chi connectivity index (χ1n) is 8.51. The maximum absolute atomic E-state index is 12.8. The number of hydrogen-bond acceptors (Lipinski definition) is 2. The maximum Gasteiger partial charge on any atom is 0.416 e. The van der Waals surface area contributed by atoms with Crippen molar-refractivity contribution in [2.45, 2.75) is 12.4 Å². The van der Waals surface area contributed by atoms with Crippen LogP contribution in [0.3, 0.4) is 0 Å². The highest BCUT2D eigenvalue weighted by molar-refractivity contribution is 6.19. The van der Waals surface area contributed by atoms with Gasteiger partial charge in [-0.1, -0.05) is 48.5 Å². The molecule has 0 fully saturated rings. The minimum absolute atomic E-state index is 0.0596. The van der Waals surface area contributed by atoms with Gasteiger partial charge in [-0.15, -0.1) is 0 Å². The fourth-order valence-corrected chi connectivity index (χ4v) is 2.81. The van der Waals surface area contributed by atoms with Crippen LogP contribution in [0, 0.1) is 0 Å². The lowest BCUT2D eigenvalue weighted by atomic mass is 9.93. The van der Waals surface area contributed by atoms with Crippen LogP contribution in [0.2, 0.25) is 0 Å². The summed E-state index contributed by atoms with van der Waals surface area (Å²) in [5, 5.41) is 0. The van der Waals surface area contributed by atoms with E-state index in [1.165, 1.54) is 24.3 Å². The van der Waals surface area contributed by atoms with Gasteiger partial charge in [-0.3, -0.25) is 9.59 Å². The topological polar surface area (TPSA) is 34.1 Å². The van der Waals surface area contributed by atoms with E-state index in [2.05, 4.69) is 0 Å². The average Bonchev–Trinajstić information content (AvgIpc) is 2.71. The Kier molecular flexibility index (Phi) is 5.52. The third-order valence-electron chi connectivity index (χ3n) is 4.37. The third kappa shape index (κ3) is 4.42. The number of hydrogen-bond donors (Lipinski definition) is 0. The molecular weight excluding hydrogens is 410 g/mol. The predicted octanol–water partition coefficient (Wildman–Crippen LogP) is 6.19. The lowest BCUT2D eigenvalue weighted by Gasteiger charge is -2.11. The van der Waals surface area contributed by atoms with Crippen LogP contribution >= 0.6 is 0 Å². The summed E-state index contributed by atoms with van der Waals surface area (Å²) in [6.07, 6.45) is -9.12. The van der Waals surface area contributed by atoms with E-state index in [4.69, 9.17) is 0 Å². The van der Waals surface area contributed by atoms with Crippen LogP contribution in [-0.2, 0) is 12.4 Å². The van der Waals surface area contributed by atoms with Crippen molar-refractivity contribution in [3.05, 3.63) is 106 Å². The van der Waals surface area contributed by atoms with Crippen molar-refractivity contribution < 1.29 is 35.9 Å². The molecule has 154 valence electrons. The minimum Gasteiger partial charge on any atom is -0.289 e. The molecule has 3 aromatic carbocycles. The van der Waals surface area contributed by atoms with Gasteiger partial charge in [0.25, 0.3) is 0 Å². The number of halogens is 6. The molecule has 0 aliphatic heterocycles. The molecule has 0 atom stereocenters. The Morgan fingerprint density at radius 2 is 0.800 bits per heavy atom. The molecule has 0 saturated carbocycles. The molecule has 0 aromatic heterocycles. The average molecular weight is 422 g/mol. The second kappa shape index (κ2) is 7.78. The molecular formula is C22H12F6O2. The highest BCUT2D eigenvalue weighted by atomic mass is 19.4. The highest BCUT2D eigenvalue weighted by Gasteiger charge is 2.31. The van der Waals surface area contributed by atoms with Crippen LogP contribution in [0.15, 0.2) is 72.8 Å². The largest absolute Gasteiger partial charge is 0.416 e. The Bertz CT molecular complexity index is 990. The van der Waals surface area contributed by atoms with Gasteiger partial charge in [0.15, 0.2) is 11.6 Å². The summed E-state index contributed by atoms with van der Waals surface area (Å²) in [6, 6.07) is 12.7. The van der Waals surface area contributed by atoms with Gasteiger partial charge >= 0.3 is 12.4 Å². The first-order chi connectivity index (χ1) is 14.0. The van der Waals surface area contributed by atoms with Gasteiger partial charge in [-0.25, -0.2) is 0 Å². The molecule has 2 nitrogen and oxygen atoms in total. The summed E-state index contributed by atoms with van der Waals surface area (Å²) in [7, 11) is 0. The van der Waals surface area contributed by atoms with Crippen LogP contribution in [-0.4, -0.2) is 11.6 Å². The summed E-state index contributed by atoms with van der Waals surface area (Å²) in [5.74, 6) is -1.36. The molecule has 0 heterocycles. The van der Waals surface area contributed by atoms with Crippen molar-refractivity contribution in [1.29, 1.82) is 0 Å². The van der Waals surface area contributed by atoms with Gasteiger partial charge in [-0.05, 0) is 24.3 Å². The maximum atomic E-state index is 12.8. The number of rotatable bonds is 4. The quantitative estimate of drug-likeness (QED) is 0.371. The number of ketones is 2. The lowest BCUT2D eigenvalue weighted by molar-refractivity contribution is -0.138. The van der Waals surface area contributed by atoms with Crippen molar-refractivity contribution in [1.82, 2.24) is 0 Å². The Morgan fingerprint density at radius 3 is 1.07 bits per heavy atom. The standard InChI is InChI=1S/C22H12F6O2/c23-21(24,25)15-9-5-13(6-10-15)19(29)17-3-1-2-4-18(17)20(30)14-7-11-16(12-8-14)22(26,27)28/h1-12H. The van der Waals surface area contributed by atoms with Crippen molar-refractivity contribution >= 4 is 11.6 Å². The Labute approximate surface area is 166 Å². The first-order valence-corrected chi connectivity index (χ1v) is 8.51. The number of carbonyl (C=O) groups is 2.